The molecule has 7 nitrogen and oxygen atoms in total. The highest BCUT2D eigenvalue weighted by molar-refractivity contribution is 7.98. The summed E-state index contributed by atoms with van der Waals surface area (Å²) in [5.74, 6) is 2.88. The van der Waals surface area contributed by atoms with Gasteiger partial charge in [-0.05, 0) is 36.9 Å². The first-order chi connectivity index (χ1) is 16.2. The normalized spacial score (nSPS) is 16.8. The zero-order valence-electron chi connectivity index (χ0n) is 19.3. The van der Waals surface area contributed by atoms with Gasteiger partial charge in [-0.2, -0.15) is 4.98 Å². The third-order valence-electron chi connectivity index (χ3n) is 6.25. The zero-order valence-corrected chi connectivity index (χ0v) is 20.1. The minimum atomic E-state index is 0.715. The van der Waals surface area contributed by atoms with E-state index in [-0.39, 0.29) is 0 Å². The number of benzene rings is 1. The molecule has 0 unspecified atom stereocenters. The number of nitrogens with zero attached hydrogens (tertiary/aromatic N) is 6. The van der Waals surface area contributed by atoms with Crippen molar-refractivity contribution in [2.45, 2.75) is 11.8 Å². The van der Waals surface area contributed by atoms with Gasteiger partial charge < -0.3 is 19.4 Å². The molecule has 4 heterocycles. The molecule has 0 saturated carbocycles. The van der Waals surface area contributed by atoms with Crippen LogP contribution in [0.5, 0.6) is 0 Å². The van der Waals surface area contributed by atoms with Gasteiger partial charge in [0.1, 0.15) is 11.6 Å². The van der Waals surface area contributed by atoms with Crippen LogP contribution in [0.15, 0.2) is 53.6 Å². The number of hydrogen-bond acceptors (Lipinski definition) is 8. The standard InChI is InChI=1S/C25H30N6OS/c1-19-5-4-8-26-24(19)30-11-9-29(10-12-30)23-18-22(20-6-3-7-21(17-20)33-2)27-25(28-23)31-13-15-32-16-14-31/h3-8,17-18H,9-16H2,1-2H3. The largest absolute Gasteiger partial charge is 0.378 e. The molecule has 172 valence electrons. The molecule has 2 fully saturated rings. The Morgan fingerprint density at radius 2 is 1.64 bits per heavy atom. The van der Waals surface area contributed by atoms with Crippen LogP contribution >= 0.6 is 11.8 Å². The monoisotopic (exact) mass is 462 g/mol. The zero-order chi connectivity index (χ0) is 22.6. The quantitative estimate of drug-likeness (QED) is 0.532. The van der Waals surface area contributed by atoms with Crippen LogP contribution in [0.1, 0.15) is 5.56 Å². The van der Waals surface area contributed by atoms with E-state index in [1.165, 1.54) is 10.5 Å². The van der Waals surface area contributed by atoms with Crippen molar-refractivity contribution in [3.63, 3.8) is 0 Å². The minimum absolute atomic E-state index is 0.715. The highest BCUT2D eigenvalue weighted by Crippen LogP contribution is 2.29. The van der Waals surface area contributed by atoms with Crippen molar-refractivity contribution in [2.75, 3.05) is 73.4 Å². The predicted molar refractivity (Wildman–Crippen MR) is 136 cm³/mol. The summed E-state index contributed by atoms with van der Waals surface area (Å²) in [6.45, 7) is 8.85. The molecule has 2 saturated heterocycles. The van der Waals surface area contributed by atoms with Gasteiger partial charge in [0.25, 0.3) is 0 Å². The lowest BCUT2D eigenvalue weighted by molar-refractivity contribution is 0.122. The molecule has 5 rings (SSSR count). The number of hydrogen-bond donors (Lipinski definition) is 0. The minimum Gasteiger partial charge on any atom is -0.378 e. The van der Waals surface area contributed by atoms with Gasteiger partial charge in [0, 0.05) is 62.0 Å². The summed E-state index contributed by atoms with van der Waals surface area (Å²) in [6, 6.07) is 14.9. The fraction of sp³-hybridized carbons (Fsp3) is 0.400. The highest BCUT2D eigenvalue weighted by atomic mass is 32.2. The van der Waals surface area contributed by atoms with Crippen LogP contribution in [-0.2, 0) is 4.74 Å². The van der Waals surface area contributed by atoms with E-state index < -0.39 is 0 Å². The van der Waals surface area contributed by atoms with Crippen molar-refractivity contribution in [2.24, 2.45) is 0 Å². The summed E-state index contributed by atoms with van der Waals surface area (Å²) >= 11 is 1.75. The first-order valence-electron chi connectivity index (χ1n) is 11.5. The highest BCUT2D eigenvalue weighted by Gasteiger charge is 2.23. The summed E-state index contributed by atoms with van der Waals surface area (Å²) in [6.07, 6.45) is 3.98. The van der Waals surface area contributed by atoms with Crippen LogP contribution in [0.4, 0.5) is 17.6 Å². The van der Waals surface area contributed by atoms with E-state index in [4.69, 9.17) is 14.7 Å². The number of aromatic nitrogens is 3. The van der Waals surface area contributed by atoms with Crippen molar-refractivity contribution in [3.05, 3.63) is 54.2 Å². The van der Waals surface area contributed by atoms with Crippen molar-refractivity contribution in [1.29, 1.82) is 0 Å². The lowest BCUT2D eigenvalue weighted by Crippen LogP contribution is -2.47. The number of aryl methyl sites for hydroxylation is 1. The van der Waals surface area contributed by atoms with Crippen LogP contribution in [-0.4, -0.2) is 73.7 Å². The molecule has 1 aromatic carbocycles. The van der Waals surface area contributed by atoms with Gasteiger partial charge in [-0.25, -0.2) is 9.97 Å². The van der Waals surface area contributed by atoms with E-state index in [0.717, 1.165) is 68.1 Å². The summed E-state index contributed by atoms with van der Waals surface area (Å²) < 4.78 is 5.55. The molecular formula is C25H30N6OS. The number of morpholine rings is 1. The maximum Gasteiger partial charge on any atom is 0.228 e. The van der Waals surface area contributed by atoms with Crippen molar-refractivity contribution in [3.8, 4) is 11.3 Å². The Kier molecular flexibility index (Phi) is 6.64. The van der Waals surface area contributed by atoms with Gasteiger partial charge in [0.05, 0.1) is 18.9 Å². The number of piperazine rings is 1. The van der Waals surface area contributed by atoms with Gasteiger partial charge in [-0.1, -0.05) is 18.2 Å². The van der Waals surface area contributed by atoms with E-state index in [2.05, 4.69) is 69.3 Å². The van der Waals surface area contributed by atoms with E-state index in [1.807, 2.05) is 12.3 Å². The Balaban J connectivity index is 1.43. The number of rotatable bonds is 5. The van der Waals surface area contributed by atoms with Crippen LogP contribution in [0.3, 0.4) is 0 Å². The molecule has 2 aliphatic heterocycles. The van der Waals surface area contributed by atoms with E-state index >= 15 is 0 Å². The topological polar surface area (TPSA) is 57.6 Å². The van der Waals surface area contributed by atoms with Crippen molar-refractivity contribution < 1.29 is 4.74 Å². The molecule has 0 spiro atoms. The summed E-state index contributed by atoms with van der Waals surface area (Å²) in [4.78, 5) is 22.8. The Morgan fingerprint density at radius 1 is 0.848 bits per heavy atom. The maximum atomic E-state index is 5.55. The summed E-state index contributed by atoms with van der Waals surface area (Å²) in [7, 11) is 0. The third-order valence-corrected chi connectivity index (χ3v) is 6.97. The van der Waals surface area contributed by atoms with Crippen LogP contribution in [0, 0.1) is 6.92 Å². The molecule has 0 amide bonds. The Hall–Kier alpha value is -2.84. The smallest absolute Gasteiger partial charge is 0.228 e. The lowest BCUT2D eigenvalue weighted by atomic mass is 10.1. The SMILES string of the molecule is CSc1cccc(-c2cc(N3CCN(c4ncccc4C)CC3)nc(N3CCOCC3)n2)c1. The van der Waals surface area contributed by atoms with Gasteiger partial charge in [-0.15, -0.1) is 11.8 Å². The molecule has 0 radical (unpaired) electrons. The van der Waals surface area contributed by atoms with E-state index in [9.17, 15) is 0 Å². The molecule has 0 atom stereocenters. The molecule has 2 aliphatic rings. The first-order valence-corrected chi connectivity index (χ1v) is 12.7. The fourth-order valence-electron chi connectivity index (χ4n) is 4.37. The Bertz CT molecular complexity index is 1100. The molecule has 3 aromatic rings. The van der Waals surface area contributed by atoms with Gasteiger partial charge >= 0.3 is 0 Å². The summed E-state index contributed by atoms with van der Waals surface area (Å²) in [5, 5.41) is 0. The second-order valence-corrected chi connectivity index (χ2v) is 9.24. The van der Waals surface area contributed by atoms with Crippen molar-refractivity contribution in [1.82, 2.24) is 15.0 Å². The molecular weight excluding hydrogens is 432 g/mol. The Labute approximate surface area is 199 Å². The molecule has 0 bridgehead atoms. The van der Waals surface area contributed by atoms with Gasteiger partial charge in [0.2, 0.25) is 5.95 Å². The number of thioether (sulfide) groups is 1. The first kappa shape index (κ1) is 22.0. The maximum absolute atomic E-state index is 5.55. The lowest BCUT2D eigenvalue weighted by Gasteiger charge is -2.37. The second-order valence-electron chi connectivity index (χ2n) is 8.36. The average molecular weight is 463 g/mol. The second kappa shape index (κ2) is 9.97. The Morgan fingerprint density at radius 3 is 2.39 bits per heavy atom. The predicted octanol–water partition coefficient (Wildman–Crippen LogP) is 3.73. The van der Waals surface area contributed by atoms with E-state index in [0.29, 0.717) is 13.2 Å². The van der Waals surface area contributed by atoms with Crippen LogP contribution in [0.2, 0.25) is 0 Å². The van der Waals surface area contributed by atoms with Crippen LogP contribution < -0.4 is 14.7 Å². The fourth-order valence-corrected chi connectivity index (χ4v) is 4.83. The molecule has 0 N–H and O–H groups in total. The molecule has 0 aliphatic carbocycles. The third kappa shape index (κ3) is 4.91. The number of pyridine rings is 1. The van der Waals surface area contributed by atoms with Crippen LogP contribution in [0.25, 0.3) is 11.3 Å². The molecule has 8 heteroatoms. The van der Waals surface area contributed by atoms with E-state index in [1.54, 1.807) is 11.8 Å². The summed E-state index contributed by atoms with van der Waals surface area (Å²) in [5.41, 5.74) is 3.32. The van der Waals surface area contributed by atoms with Gasteiger partial charge in [-0.3, -0.25) is 0 Å². The van der Waals surface area contributed by atoms with Crippen molar-refractivity contribution >= 4 is 29.3 Å². The number of anilines is 3. The number of ether oxygens (including phenoxy) is 1. The van der Waals surface area contributed by atoms with Gasteiger partial charge in [0.15, 0.2) is 0 Å². The molecule has 2 aromatic heterocycles. The molecule has 33 heavy (non-hydrogen) atoms. The average Bonchev–Trinajstić information content (AvgIpc) is 2.89.